The molecule has 29 heavy (non-hydrogen) atoms. The van der Waals surface area contributed by atoms with Gasteiger partial charge in [0.1, 0.15) is 0 Å². The molecule has 0 spiro atoms. The molecule has 3 aromatic rings. The molecule has 2 heterocycles. The fraction of sp³-hybridized carbons (Fsp3) is 0.263. The second-order valence-electron chi connectivity index (χ2n) is 7.12. The van der Waals surface area contributed by atoms with E-state index in [9.17, 15) is 14.9 Å². The van der Waals surface area contributed by atoms with Crippen LogP contribution >= 0.6 is 27.7 Å². The number of carbonyl (C=O) groups is 1. The molecule has 0 unspecified atom stereocenters. The third-order valence-electron chi connectivity index (χ3n) is 3.84. The predicted molar refractivity (Wildman–Crippen MR) is 111 cm³/mol. The van der Waals surface area contributed by atoms with Gasteiger partial charge in [0.25, 0.3) is 5.69 Å². The summed E-state index contributed by atoms with van der Waals surface area (Å²) in [6, 6.07) is 9.47. The number of aromatic nitrogens is 2. The van der Waals surface area contributed by atoms with Crippen molar-refractivity contribution in [1.29, 1.82) is 0 Å². The third-order valence-corrected chi connectivity index (χ3v) is 5.50. The van der Waals surface area contributed by atoms with Gasteiger partial charge in [-0.2, -0.15) is 5.10 Å². The molecular formula is C19H18BrN3O5S. The van der Waals surface area contributed by atoms with Crippen molar-refractivity contribution < 1.29 is 18.9 Å². The summed E-state index contributed by atoms with van der Waals surface area (Å²) in [5.74, 6) is -0.459. The van der Waals surface area contributed by atoms with Gasteiger partial charge in [-0.15, -0.1) is 0 Å². The number of para-hydroxylation sites is 1. The van der Waals surface area contributed by atoms with Gasteiger partial charge in [0.15, 0.2) is 4.67 Å². The predicted octanol–water partition coefficient (Wildman–Crippen LogP) is 5.58. The van der Waals surface area contributed by atoms with Crippen LogP contribution in [0.25, 0.3) is 0 Å². The average molecular weight is 480 g/mol. The monoisotopic (exact) mass is 479 g/mol. The summed E-state index contributed by atoms with van der Waals surface area (Å²) in [4.78, 5) is 24.5. The molecule has 1 aromatic carbocycles. The zero-order chi connectivity index (χ0) is 21.3. The Kier molecular flexibility index (Phi) is 5.85. The van der Waals surface area contributed by atoms with E-state index in [4.69, 9.17) is 9.15 Å². The molecule has 10 heteroatoms. The number of furan rings is 1. The molecular weight excluding hydrogens is 462 g/mol. The minimum atomic E-state index is -0.689. The van der Waals surface area contributed by atoms with Gasteiger partial charge in [-0.25, -0.2) is 9.48 Å². The maximum absolute atomic E-state index is 12.6. The Bertz CT molecular complexity index is 1080. The summed E-state index contributed by atoms with van der Waals surface area (Å²) in [5, 5.41) is 15.9. The molecule has 0 aliphatic carbocycles. The number of nitro groups is 1. The molecule has 0 amide bonds. The van der Waals surface area contributed by atoms with Crippen molar-refractivity contribution in [2.24, 2.45) is 0 Å². The van der Waals surface area contributed by atoms with E-state index in [1.54, 1.807) is 35.9 Å². The second kappa shape index (κ2) is 8.03. The van der Waals surface area contributed by atoms with Crippen LogP contribution in [0.2, 0.25) is 0 Å². The van der Waals surface area contributed by atoms with E-state index in [1.165, 1.54) is 12.1 Å². The molecule has 0 aliphatic rings. The molecule has 0 bridgehead atoms. The first-order chi connectivity index (χ1) is 13.6. The molecule has 0 saturated carbocycles. The number of ether oxygens (including phenoxy) is 1. The number of carbonyl (C=O) groups excluding carboxylic acids is 1. The quantitative estimate of drug-likeness (QED) is 0.267. The lowest BCUT2D eigenvalue weighted by Gasteiger charge is -2.21. The highest BCUT2D eigenvalue weighted by atomic mass is 79.9. The highest BCUT2D eigenvalue weighted by molar-refractivity contribution is 9.10. The van der Waals surface area contributed by atoms with E-state index >= 15 is 0 Å². The van der Waals surface area contributed by atoms with E-state index < -0.39 is 16.4 Å². The normalized spacial score (nSPS) is 11.5. The number of nitrogens with zero attached hydrogens (tertiary/aromatic N) is 3. The van der Waals surface area contributed by atoms with Crippen molar-refractivity contribution in [2.45, 2.75) is 43.0 Å². The first-order valence-electron chi connectivity index (χ1n) is 8.57. The molecule has 8 nitrogen and oxygen atoms in total. The Morgan fingerprint density at radius 2 is 1.97 bits per heavy atom. The van der Waals surface area contributed by atoms with E-state index in [0.717, 1.165) is 11.8 Å². The van der Waals surface area contributed by atoms with Crippen LogP contribution in [0, 0.1) is 17.0 Å². The Morgan fingerprint density at radius 1 is 1.28 bits per heavy atom. The topological polar surface area (TPSA) is 100 Å². The van der Waals surface area contributed by atoms with Gasteiger partial charge < -0.3 is 9.15 Å². The average Bonchev–Trinajstić information content (AvgIpc) is 3.20. The first-order valence-corrected chi connectivity index (χ1v) is 10.2. The van der Waals surface area contributed by atoms with Crippen LogP contribution in [0.3, 0.4) is 0 Å². The number of aryl methyl sites for hydroxylation is 1. The Balaban J connectivity index is 2.06. The Morgan fingerprint density at radius 3 is 2.55 bits per heavy atom. The minimum absolute atomic E-state index is 0.0258. The lowest BCUT2D eigenvalue weighted by Crippen LogP contribution is -2.25. The van der Waals surface area contributed by atoms with Crippen LogP contribution in [0.5, 0.6) is 5.88 Å². The van der Waals surface area contributed by atoms with Gasteiger partial charge in [-0.05, 0) is 61.8 Å². The Hall–Kier alpha value is -2.59. The van der Waals surface area contributed by atoms with Crippen LogP contribution in [0.1, 0.15) is 37.0 Å². The molecule has 0 aliphatic heterocycles. The molecule has 0 saturated heterocycles. The molecule has 3 rings (SSSR count). The van der Waals surface area contributed by atoms with Gasteiger partial charge in [0, 0.05) is 6.07 Å². The first kappa shape index (κ1) is 21.1. The highest BCUT2D eigenvalue weighted by Gasteiger charge is 2.29. The van der Waals surface area contributed by atoms with Crippen molar-refractivity contribution in [3.8, 4) is 5.88 Å². The second-order valence-corrected chi connectivity index (χ2v) is 8.96. The maximum atomic E-state index is 12.6. The van der Waals surface area contributed by atoms with E-state index in [0.29, 0.717) is 20.2 Å². The molecule has 0 atom stereocenters. The SMILES string of the molecule is Cc1nn(C(C)(C)C)c(OC(=O)c2ccc(Br)o2)c1Sc1ccccc1[N+](=O)[O-]. The standard InChI is InChI=1S/C19H18BrN3O5S/c1-11-16(29-14-8-6-5-7-12(14)23(25)26)17(22(21-11)19(2,3)4)28-18(24)13-9-10-15(20)27-13/h5-10H,1-4H3. The van der Waals surface area contributed by atoms with Crippen molar-refractivity contribution in [3.63, 3.8) is 0 Å². The molecule has 0 radical (unpaired) electrons. The highest BCUT2D eigenvalue weighted by Crippen LogP contribution is 2.43. The lowest BCUT2D eigenvalue weighted by molar-refractivity contribution is -0.387. The van der Waals surface area contributed by atoms with Crippen LogP contribution in [-0.4, -0.2) is 20.7 Å². The summed E-state index contributed by atoms with van der Waals surface area (Å²) >= 11 is 4.29. The largest absolute Gasteiger partial charge is 0.442 e. The summed E-state index contributed by atoms with van der Waals surface area (Å²) in [5.41, 5.74) is 0.0603. The minimum Gasteiger partial charge on any atom is -0.442 e. The number of esters is 1. The zero-order valence-electron chi connectivity index (χ0n) is 16.1. The van der Waals surface area contributed by atoms with Gasteiger partial charge >= 0.3 is 5.97 Å². The fourth-order valence-electron chi connectivity index (χ4n) is 2.52. The number of halogens is 1. The zero-order valence-corrected chi connectivity index (χ0v) is 18.5. The van der Waals surface area contributed by atoms with Crippen molar-refractivity contribution in [3.05, 3.63) is 62.6 Å². The maximum Gasteiger partial charge on any atom is 0.381 e. The van der Waals surface area contributed by atoms with Crippen molar-refractivity contribution in [2.75, 3.05) is 0 Å². The lowest BCUT2D eigenvalue weighted by atomic mass is 10.1. The van der Waals surface area contributed by atoms with Gasteiger partial charge in [-0.3, -0.25) is 10.1 Å². The van der Waals surface area contributed by atoms with Crippen LogP contribution < -0.4 is 4.74 Å². The smallest absolute Gasteiger partial charge is 0.381 e. The van der Waals surface area contributed by atoms with Gasteiger partial charge in [0.2, 0.25) is 11.6 Å². The van der Waals surface area contributed by atoms with Crippen LogP contribution in [0.4, 0.5) is 5.69 Å². The van der Waals surface area contributed by atoms with Crippen molar-refractivity contribution in [1.82, 2.24) is 9.78 Å². The van der Waals surface area contributed by atoms with Gasteiger partial charge in [0.05, 0.1) is 25.9 Å². The van der Waals surface area contributed by atoms with Crippen LogP contribution in [0.15, 0.2) is 55.3 Å². The number of nitro benzene ring substituents is 1. The number of benzene rings is 1. The molecule has 0 fully saturated rings. The number of hydrogen-bond acceptors (Lipinski definition) is 7. The van der Waals surface area contributed by atoms with Crippen LogP contribution in [-0.2, 0) is 5.54 Å². The molecule has 0 N–H and O–H groups in total. The molecule has 152 valence electrons. The third kappa shape index (κ3) is 4.54. The summed E-state index contributed by atoms with van der Waals surface area (Å²) < 4.78 is 12.9. The number of hydrogen-bond donors (Lipinski definition) is 0. The van der Waals surface area contributed by atoms with Gasteiger partial charge in [-0.1, -0.05) is 23.9 Å². The van der Waals surface area contributed by atoms with E-state index in [-0.39, 0.29) is 17.3 Å². The van der Waals surface area contributed by atoms with Crippen molar-refractivity contribution >= 4 is 39.3 Å². The Labute approximate surface area is 179 Å². The summed E-state index contributed by atoms with van der Waals surface area (Å²) in [6.45, 7) is 7.51. The number of rotatable bonds is 5. The van der Waals surface area contributed by atoms with E-state index in [2.05, 4.69) is 21.0 Å². The molecule has 2 aromatic heterocycles. The summed E-state index contributed by atoms with van der Waals surface area (Å²) in [6.07, 6.45) is 0. The van der Waals surface area contributed by atoms with E-state index in [1.807, 2.05) is 20.8 Å². The summed E-state index contributed by atoms with van der Waals surface area (Å²) in [7, 11) is 0. The fourth-order valence-corrected chi connectivity index (χ4v) is 3.84.